The van der Waals surface area contributed by atoms with E-state index >= 15 is 0 Å². The predicted octanol–water partition coefficient (Wildman–Crippen LogP) is 1.63. The van der Waals surface area contributed by atoms with E-state index in [-0.39, 0.29) is 5.41 Å². The highest BCUT2D eigenvalue weighted by Gasteiger charge is 2.19. The van der Waals surface area contributed by atoms with Crippen molar-refractivity contribution in [2.45, 2.75) is 20.8 Å². The summed E-state index contributed by atoms with van der Waals surface area (Å²) in [6.07, 6.45) is 1.66. The first-order chi connectivity index (χ1) is 4.61. The van der Waals surface area contributed by atoms with Crippen LogP contribution in [0.3, 0.4) is 0 Å². The second-order valence-electron chi connectivity index (χ2n) is 3.15. The number of nitrogens with one attached hydrogen (secondary N) is 1. The van der Waals surface area contributed by atoms with Crippen molar-refractivity contribution in [3.8, 4) is 0 Å². The Morgan fingerprint density at radius 3 is 2.50 bits per heavy atom. The van der Waals surface area contributed by atoms with Gasteiger partial charge in [-0.1, -0.05) is 20.8 Å². The molecular weight excluding hydrogens is 146 g/mol. The molecule has 0 aromatic rings. The second kappa shape index (κ2) is 2.62. The minimum atomic E-state index is 0.0967. The zero-order valence-corrected chi connectivity index (χ0v) is 7.20. The van der Waals surface area contributed by atoms with Crippen LogP contribution in [-0.4, -0.2) is 12.2 Å². The Kier molecular flexibility index (Phi) is 1.99. The van der Waals surface area contributed by atoms with Crippen LogP contribution in [0.1, 0.15) is 20.8 Å². The average molecular weight is 157 g/mol. The van der Waals surface area contributed by atoms with Gasteiger partial charge in [0.1, 0.15) is 24.3 Å². The lowest BCUT2D eigenvalue weighted by molar-refractivity contribution is 0.580. The van der Waals surface area contributed by atoms with Crippen molar-refractivity contribution in [3.63, 3.8) is 0 Å². The molecule has 56 valence electrons. The van der Waals surface area contributed by atoms with Crippen LogP contribution >= 0.6 is 12.1 Å². The predicted molar refractivity (Wildman–Crippen MR) is 46.1 cm³/mol. The third kappa shape index (κ3) is 1.73. The summed E-state index contributed by atoms with van der Waals surface area (Å²) in [5.74, 6) is 0.979. The number of amidine groups is 1. The fourth-order valence-electron chi connectivity index (χ4n) is 0.555. The lowest BCUT2D eigenvalue weighted by atomic mass is 9.95. The first-order valence-corrected chi connectivity index (χ1v) is 3.87. The molecule has 1 rings (SSSR count). The smallest absolute Gasteiger partial charge is 0.122 e. The van der Waals surface area contributed by atoms with Crippen molar-refractivity contribution in [2.75, 3.05) is 0 Å². The van der Waals surface area contributed by atoms with E-state index in [9.17, 15) is 0 Å². The number of nitrogens with zero attached hydrogens (tertiary/aromatic N) is 2. The Hall–Kier alpha value is -0.510. The molecule has 0 unspecified atom stereocenters. The first kappa shape index (κ1) is 7.60. The number of rotatable bonds is 0. The van der Waals surface area contributed by atoms with Gasteiger partial charge < -0.3 is 5.32 Å². The minimum absolute atomic E-state index is 0.0967. The van der Waals surface area contributed by atoms with E-state index < -0.39 is 0 Å². The van der Waals surface area contributed by atoms with Crippen LogP contribution in [0.15, 0.2) is 8.80 Å². The van der Waals surface area contributed by atoms with Crippen molar-refractivity contribution < 1.29 is 0 Å². The van der Waals surface area contributed by atoms with Crippen LogP contribution in [0, 0.1) is 5.41 Å². The SMILES string of the molecule is CC(C)(C)C1=NSN=CN1. The summed E-state index contributed by atoms with van der Waals surface area (Å²) >= 11 is 1.22. The van der Waals surface area contributed by atoms with Crippen LogP contribution in [0.4, 0.5) is 0 Å². The summed E-state index contributed by atoms with van der Waals surface area (Å²) in [6, 6.07) is 0. The molecule has 1 aliphatic rings. The molecule has 1 aliphatic heterocycles. The van der Waals surface area contributed by atoms with E-state index in [2.05, 4.69) is 34.9 Å². The molecule has 0 amide bonds. The van der Waals surface area contributed by atoms with Gasteiger partial charge in [0.15, 0.2) is 0 Å². The second-order valence-corrected chi connectivity index (χ2v) is 3.71. The molecule has 0 spiro atoms. The van der Waals surface area contributed by atoms with Gasteiger partial charge in [-0.05, 0) is 0 Å². The maximum atomic E-state index is 4.12. The summed E-state index contributed by atoms with van der Waals surface area (Å²) < 4.78 is 7.96. The molecule has 3 nitrogen and oxygen atoms in total. The maximum Gasteiger partial charge on any atom is 0.122 e. The fourth-order valence-corrected chi connectivity index (χ4v) is 1.11. The third-order valence-electron chi connectivity index (χ3n) is 1.14. The minimum Gasteiger partial charge on any atom is -0.333 e. The first-order valence-electron chi connectivity index (χ1n) is 3.14. The van der Waals surface area contributed by atoms with Gasteiger partial charge in [-0.25, -0.2) is 0 Å². The summed E-state index contributed by atoms with van der Waals surface area (Å²) in [4.78, 5) is 0. The lowest BCUT2D eigenvalue weighted by Crippen LogP contribution is -2.34. The van der Waals surface area contributed by atoms with Crippen LogP contribution in [0.5, 0.6) is 0 Å². The van der Waals surface area contributed by atoms with Crippen LogP contribution in [-0.2, 0) is 0 Å². The molecule has 0 radical (unpaired) electrons. The molecule has 0 aliphatic carbocycles. The van der Waals surface area contributed by atoms with E-state index in [0.29, 0.717) is 0 Å². The highest BCUT2D eigenvalue weighted by Crippen LogP contribution is 2.19. The molecule has 1 N–H and O–H groups in total. The Bertz CT molecular complexity index is 178. The molecule has 0 saturated carbocycles. The van der Waals surface area contributed by atoms with Gasteiger partial charge in [-0.2, -0.15) is 8.80 Å². The third-order valence-corrected chi connectivity index (χ3v) is 1.61. The topological polar surface area (TPSA) is 36.8 Å². The highest BCUT2D eigenvalue weighted by molar-refractivity contribution is 7.97. The Labute approximate surface area is 65.3 Å². The lowest BCUT2D eigenvalue weighted by Gasteiger charge is -2.21. The molecular formula is C6H11N3S. The molecule has 4 heteroatoms. The molecule has 0 bridgehead atoms. The monoisotopic (exact) mass is 157 g/mol. The highest BCUT2D eigenvalue weighted by atomic mass is 32.2. The van der Waals surface area contributed by atoms with Crippen molar-refractivity contribution in [2.24, 2.45) is 14.2 Å². The molecule has 0 fully saturated rings. The quantitative estimate of drug-likeness (QED) is 0.542. The van der Waals surface area contributed by atoms with Crippen molar-refractivity contribution in [3.05, 3.63) is 0 Å². The van der Waals surface area contributed by atoms with Gasteiger partial charge in [0.2, 0.25) is 0 Å². The average Bonchev–Trinajstić information content (AvgIpc) is 1.88. The van der Waals surface area contributed by atoms with Gasteiger partial charge in [0.05, 0.1) is 0 Å². The van der Waals surface area contributed by atoms with Crippen molar-refractivity contribution in [1.82, 2.24) is 5.32 Å². The summed E-state index contributed by atoms with van der Waals surface area (Å²) in [5, 5.41) is 3.00. The van der Waals surface area contributed by atoms with Crippen molar-refractivity contribution >= 4 is 24.3 Å². The van der Waals surface area contributed by atoms with Gasteiger partial charge in [0.25, 0.3) is 0 Å². The van der Waals surface area contributed by atoms with Crippen LogP contribution in [0.2, 0.25) is 0 Å². The van der Waals surface area contributed by atoms with Crippen LogP contribution < -0.4 is 5.32 Å². The largest absolute Gasteiger partial charge is 0.333 e. The maximum absolute atomic E-state index is 4.12. The Morgan fingerprint density at radius 2 is 2.20 bits per heavy atom. The fraction of sp³-hybridized carbons (Fsp3) is 0.667. The van der Waals surface area contributed by atoms with Crippen molar-refractivity contribution in [1.29, 1.82) is 0 Å². The number of hydrogen-bond acceptors (Lipinski definition) is 4. The molecule has 0 saturated heterocycles. The van der Waals surface area contributed by atoms with E-state index in [1.165, 1.54) is 12.1 Å². The molecule has 1 heterocycles. The van der Waals surface area contributed by atoms with E-state index in [0.717, 1.165) is 5.84 Å². The zero-order chi connectivity index (χ0) is 7.61. The van der Waals surface area contributed by atoms with Gasteiger partial charge >= 0.3 is 0 Å². The summed E-state index contributed by atoms with van der Waals surface area (Å²) in [7, 11) is 0. The van der Waals surface area contributed by atoms with Crippen LogP contribution in [0.25, 0.3) is 0 Å². The van der Waals surface area contributed by atoms with Gasteiger partial charge in [0, 0.05) is 5.41 Å². The molecule has 0 aromatic carbocycles. The van der Waals surface area contributed by atoms with E-state index in [4.69, 9.17) is 0 Å². The Balaban J connectivity index is 2.65. The standard InChI is InChI=1S/C6H11N3S/c1-6(2,3)5-7-4-8-10-9-5/h4H,1-3H3,(H,7,8,9). The van der Waals surface area contributed by atoms with Gasteiger partial charge in [-0.15, -0.1) is 0 Å². The van der Waals surface area contributed by atoms with E-state index in [1.54, 1.807) is 6.34 Å². The summed E-state index contributed by atoms with van der Waals surface area (Å²) in [6.45, 7) is 6.33. The molecule has 0 atom stereocenters. The van der Waals surface area contributed by atoms with Gasteiger partial charge in [-0.3, -0.25) is 0 Å². The number of hydrogen-bond donors (Lipinski definition) is 1. The molecule has 0 aromatic heterocycles. The summed E-state index contributed by atoms with van der Waals surface area (Å²) in [5.41, 5.74) is 0.0967. The Morgan fingerprint density at radius 1 is 1.50 bits per heavy atom. The normalized spacial score (nSPS) is 18.1. The molecule has 10 heavy (non-hydrogen) atoms. The van der Waals surface area contributed by atoms with E-state index in [1.807, 2.05) is 0 Å². The zero-order valence-electron chi connectivity index (χ0n) is 6.38.